The number of hydrogen-bond donors (Lipinski definition) is 4. The van der Waals surface area contributed by atoms with Gasteiger partial charge in [-0.15, -0.1) is 0 Å². The van der Waals surface area contributed by atoms with Crippen molar-refractivity contribution < 1.29 is 24.5 Å². The van der Waals surface area contributed by atoms with E-state index in [4.69, 9.17) is 4.74 Å². The Bertz CT molecular complexity index is 987. The van der Waals surface area contributed by atoms with Gasteiger partial charge in [-0.3, -0.25) is 4.79 Å². The highest BCUT2D eigenvalue weighted by Gasteiger charge is 2.51. The minimum absolute atomic E-state index is 0.0257. The average Bonchev–Trinajstić information content (AvgIpc) is 3.75. The van der Waals surface area contributed by atoms with E-state index < -0.39 is 18.6 Å². The van der Waals surface area contributed by atoms with E-state index in [0.717, 1.165) is 61.9 Å². The Morgan fingerprint density at radius 1 is 1.29 bits per heavy atom. The second-order valence-electron chi connectivity index (χ2n) is 10.1. The van der Waals surface area contributed by atoms with E-state index >= 15 is 0 Å². The van der Waals surface area contributed by atoms with E-state index in [0.29, 0.717) is 0 Å². The Morgan fingerprint density at radius 2 is 2.03 bits per heavy atom. The summed E-state index contributed by atoms with van der Waals surface area (Å²) in [6, 6.07) is 0.948. The lowest BCUT2D eigenvalue weighted by molar-refractivity contribution is -0.152. The maximum atomic E-state index is 13.3. The Kier molecular flexibility index (Phi) is 8.77. The third-order valence-corrected chi connectivity index (χ3v) is 7.56. The van der Waals surface area contributed by atoms with Crippen molar-refractivity contribution in [1.29, 1.82) is 0 Å². The molecule has 2 aliphatic carbocycles. The zero-order chi connectivity index (χ0) is 24.8. The van der Waals surface area contributed by atoms with Gasteiger partial charge in [0.1, 0.15) is 0 Å². The van der Waals surface area contributed by atoms with Crippen LogP contribution in [0.2, 0.25) is 0 Å². The highest BCUT2D eigenvalue weighted by Crippen LogP contribution is 2.57. The summed E-state index contributed by atoms with van der Waals surface area (Å²) in [7, 11) is 0. The Hall–Kier alpha value is -2.38. The lowest BCUT2D eigenvalue weighted by Crippen LogP contribution is -2.48. The minimum atomic E-state index is -1.09. The van der Waals surface area contributed by atoms with Crippen molar-refractivity contribution in [2.45, 2.75) is 71.3 Å². The van der Waals surface area contributed by atoms with Crippen molar-refractivity contribution in [3.8, 4) is 0 Å². The van der Waals surface area contributed by atoms with Gasteiger partial charge < -0.3 is 25.3 Å². The zero-order valence-electron chi connectivity index (χ0n) is 20.6. The summed E-state index contributed by atoms with van der Waals surface area (Å²) >= 11 is 0. The van der Waals surface area contributed by atoms with Crippen LogP contribution in [0.1, 0.15) is 65.2 Å². The van der Waals surface area contributed by atoms with Crippen molar-refractivity contribution in [3.63, 3.8) is 0 Å². The fourth-order valence-electron chi connectivity index (χ4n) is 4.84. The molecule has 188 valence electrons. The molecule has 1 amide bonds. The quantitative estimate of drug-likeness (QED) is 0.309. The van der Waals surface area contributed by atoms with Crippen molar-refractivity contribution in [2.24, 2.45) is 16.7 Å². The van der Waals surface area contributed by atoms with Crippen molar-refractivity contribution >= 4 is 24.0 Å². The van der Waals surface area contributed by atoms with Gasteiger partial charge in [-0.25, -0.2) is 4.79 Å². The molecule has 2 saturated carbocycles. The number of ether oxygens (including phenoxy) is 1. The number of H-pyrrole nitrogens is 1. The lowest BCUT2D eigenvalue weighted by Gasteiger charge is -2.28. The maximum absolute atomic E-state index is 13.3. The summed E-state index contributed by atoms with van der Waals surface area (Å²) in [5, 5.41) is 23.9. The van der Waals surface area contributed by atoms with Crippen molar-refractivity contribution in [3.05, 3.63) is 35.0 Å². The van der Waals surface area contributed by atoms with Gasteiger partial charge in [0.05, 0.1) is 19.8 Å². The van der Waals surface area contributed by atoms with E-state index in [1.54, 1.807) is 0 Å². The number of allylic oxidation sites excluding steroid dienone is 2. The number of aliphatic hydroxyl groups excluding tert-OH is 2. The summed E-state index contributed by atoms with van der Waals surface area (Å²) in [6.07, 6.45) is 12.9. The standard InChI is InChI=1S/C27H40N2O5/c1-4-6-20(21-9-15-28-19(21)3)8-10-27(13-14-27)22(7-5-2)24(32)29-23(16-30)25(33)34-18-26(17-31)11-12-26/h4,6,9,15,22-23,28,30-31H,3,5,7-8,10-14,16-18H2,1-2H3,(H,29,32)/b6-4-,21-20+/t22-,23?/m1/s1. The molecule has 0 aliphatic heterocycles. The molecule has 0 aromatic carbocycles. The predicted molar refractivity (Wildman–Crippen MR) is 132 cm³/mol. The normalized spacial score (nSPS) is 20.5. The van der Waals surface area contributed by atoms with Gasteiger partial charge in [0.15, 0.2) is 6.04 Å². The van der Waals surface area contributed by atoms with Crippen LogP contribution >= 0.6 is 0 Å². The van der Waals surface area contributed by atoms with Gasteiger partial charge >= 0.3 is 5.97 Å². The summed E-state index contributed by atoms with van der Waals surface area (Å²) in [5.41, 5.74) is 0.769. The molecule has 1 heterocycles. The smallest absolute Gasteiger partial charge is 0.331 e. The average molecular weight is 473 g/mol. The second kappa shape index (κ2) is 11.4. The molecule has 2 aliphatic rings. The first-order valence-corrected chi connectivity index (χ1v) is 12.5. The topological polar surface area (TPSA) is 112 Å². The van der Waals surface area contributed by atoms with Crippen molar-refractivity contribution in [2.75, 3.05) is 19.8 Å². The number of aromatic nitrogens is 1. The molecule has 0 radical (unpaired) electrons. The minimum Gasteiger partial charge on any atom is -0.463 e. The summed E-state index contributed by atoms with van der Waals surface area (Å²) in [4.78, 5) is 28.9. The number of amides is 1. The monoisotopic (exact) mass is 472 g/mol. The number of nitrogens with one attached hydrogen (secondary N) is 2. The van der Waals surface area contributed by atoms with Gasteiger partial charge in [-0.1, -0.05) is 32.1 Å². The molecule has 34 heavy (non-hydrogen) atoms. The van der Waals surface area contributed by atoms with Gasteiger partial charge in [-0.05, 0) is 68.9 Å². The van der Waals surface area contributed by atoms with E-state index in [9.17, 15) is 19.8 Å². The predicted octanol–water partition coefficient (Wildman–Crippen LogP) is 1.92. The summed E-state index contributed by atoms with van der Waals surface area (Å²) in [6.45, 7) is 7.72. The van der Waals surface area contributed by atoms with Crippen LogP contribution in [0, 0.1) is 16.7 Å². The van der Waals surface area contributed by atoms with Crippen LogP contribution in [-0.2, 0) is 14.3 Å². The number of aromatic amines is 1. The molecule has 1 unspecified atom stereocenters. The molecule has 1 aromatic heterocycles. The van der Waals surface area contributed by atoms with E-state index in [1.807, 2.05) is 25.3 Å². The molecule has 4 N–H and O–H groups in total. The number of carbonyl (C=O) groups is 2. The highest BCUT2D eigenvalue weighted by molar-refractivity contribution is 5.86. The Balaban J connectivity index is 1.66. The van der Waals surface area contributed by atoms with Gasteiger partial charge in [-0.2, -0.15) is 0 Å². The molecule has 2 atom stereocenters. The van der Waals surface area contributed by atoms with Crippen LogP contribution < -0.4 is 15.9 Å². The molecule has 0 bridgehead atoms. The molecule has 2 fully saturated rings. The number of esters is 1. The number of carbonyl (C=O) groups excluding carboxylic acids is 2. The lowest BCUT2D eigenvalue weighted by atomic mass is 9.80. The second-order valence-corrected chi connectivity index (χ2v) is 10.1. The first-order valence-electron chi connectivity index (χ1n) is 12.5. The molecule has 3 rings (SSSR count). The molecule has 7 heteroatoms. The SMILES string of the molecule is C=c1[nH]cc/c1=C(/C=C\C)CCC1([C@H](CCC)C(=O)NC(CO)C(=O)OCC2(CO)CC2)CC1. The van der Waals surface area contributed by atoms with Crippen LogP contribution in [-0.4, -0.2) is 52.9 Å². The Morgan fingerprint density at radius 3 is 2.53 bits per heavy atom. The number of hydrogen-bond acceptors (Lipinski definition) is 5. The van der Waals surface area contributed by atoms with E-state index in [2.05, 4.69) is 29.9 Å². The highest BCUT2D eigenvalue weighted by atomic mass is 16.5. The van der Waals surface area contributed by atoms with Gasteiger partial charge in [0, 0.05) is 28.1 Å². The third kappa shape index (κ3) is 6.19. The van der Waals surface area contributed by atoms with E-state index in [1.165, 1.54) is 5.57 Å². The molecule has 1 aromatic rings. The third-order valence-electron chi connectivity index (χ3n) is 7.56. The van der Waals surface area contributed by atoms with Crippen LogP contribution in [0.15, 0.2) is 24.4 Å². The fourth-order valence-corrected chi connectivity index (χ4v) is 4.84. The van der Waals surface area contributed by atoms with Gasteiger partial charge in [0.25, 0.3) is 0 Å². The Labute approximate surface area is 202 Å². The van der Waals surface area contributed by atoms with E-state index in [-0.39, 0.29) is 35.9 Å². The van der Waals surface area contributed by atoms with Crippen LogP contribution in [0.5, 0.6) is 0 Å². The first-order chi connectivity index (χ1) is 16.3. The molecule has 7 nitrogen and oxygen atoms in total. The van der Waals surface area contributed by atoms with Crippen LogP contribution in [0.4, 0.5) is 0 Å². The molecular weight excluding hydrogens is 432 g/mol. The largest absolute Gasteiger partial charge is 0.463 e. The molecular formula is C27H40N2O5. The van der Waals surface area contributed by atoms with Crippen LogP contribution in [0.3, 0.4) is 0 Å². The molecule has 0 saturated heterocycles. The fraction of sp³-hybridized carbons (Fsp3) is 0.630. The summed E-state index contributed by atoms with van der Waals surface area (Å²) < 4.78 is 5.32. The number of rotatable bonds is 14. The maximum Gasteiger partial charge on any atom is 0.331 e. The van der Waals surface area contributed by atoms with Crippen molar-refractivity contribution in [1.82, 2.24) is 10.3 Å². The first kappa shape index (κ1) is 26.2. The zero-order valence-corrected chi connectivity index (χ0v) is 20.6. The molecule has 0 spiro atoms. The summed E-state index contributed by atoms with van der Waals surface area (Å²) in [5.74, 6) is -1.05. The van der Waals surface area contributed by atoms with Gasteiger partial charge in [0.2, 0.25) is 5.91 Å². The van der Waals surface area contributed by atoms with Crippen LogP contribution in [0.25, 0.3) is 12.2 Å². The number of aliphatic hydroxyl groups is 2.